The molecule has 5 heterocycles. The molecule has 6 rings (SSSR count). The van der Waals surface area contributed by atoms with E-state index in [9.17, 15) is 13.6 Å². The minimum atomic E-state index is -2.78. The van der Waals surface area contributed by atoms with E-state index in [4.69, 9.17) is 9.72 Å². The predicted octanol–water partition coefficient (Wildman–Crippen LogP) is 4.24. The van der Waals surface area contributed by atoms with E-state index in [1.54, 1.807) is 10.9 Å². The maximum Gasteiger partial charge on any atom is 0.284 e. The number of carbonyl (C=O) groups is 1. The molecule has 9 nitrogen and oxygen atoms in total. The largest absolute Gasteiger partial charge is 0.381 e. The minimum Gasteiger partial charge on any atom is -0.381 e. The summed E-state index contributed by atoms with van der Waals surface area (Å²) < 4.78 is 36.1. The third-order valence-electron chi connectivity index (χ3n) is 7.69. The Kier molecular flexibility index (Phi) is 5.66. The van der Waals surface area contributed by atoms with Crippen molar-refractivity contribution in [2.24, 2.45) is 5.41 Å². The highest BCUT2D eigenvalue weighted by atomic mass is 19.3. The second-order valence-electron chi connectivity index (χ2n) is 10.0. The lowest BCUT2D eigenvalue weighted by Gasteiger charge is -2.52. The third-order valence-corrected chi connectivity index (χ3v) is 7.69. The molecule has 1 aliphatic carbocycles. The Bertz CT molecular complexity index is 1220. The number of carbonyl (C=O) groups excluding carboxylic acids is 1. The summed E-state index contributed by atoms with van der Waals surface area (Å²) in [5.41, 5.74) is 0.549. The molecule has 3 aromatic rings. The smallest absolute Gasteiger partial charge is 0.284 e. The van der Waals surface area contributed by atoms with Crippen molar-refractivity contribution in [1.82, 2.24) is 24.4 Å². The monoisotopic (exact) mass is 485 g/mol. The average molecular weight is 486 g/mol. The number of alkyl halides is 2. The normalized spacial score (nSPS) is 20.5. The quantitative estimate of drug-likeness (QED) is 0.582. The van der Waals surface area contributed by atoms with Crippen molar-refractivity contribution in [2.45, 2.75) is 57.4 Å². The van der Waals surface area contributed by atoms with Crippen LogP contribution in [-0.4, -0.2) is 56.6 Å². The Hall–Kier alpha value is -3.08. The summed E-state index contributed by atoms with van der Waals surface area (Å²) in [6.45, 7) is 3.41. The van der Waals surface area contributed by atoms with Crippen LogP contribution in [0.3, 0.4) is 0 Å². The number of anilines is 2. The summed E-state index contributed by atoms with van der Waals surface area (Å²) in [5, 5.41) is 11.0. The Morgan fingerprint density at radius 2 is 1.94 bits per heavy atom. The Balaban J connectivity index is 1.22. The number of hydrogen-bond donors (Lipinski definition) is 1. The lowest BCUT2D eigenvalue weighted by Crippen LogP contribution is -2.58. The summed E-state index contributed by atoms with van der Waals surface area (Å²) in [7, 11) is 0. The highest BCUT2D eigenvalue weighted by Gasteiger charge is 2.44. The molecule has 11 heteroatoms. The van der Waals surface area contributed by atoms with Gasteiger partial charge in [-0.05, 0) is 31.7 Å². The van der Waals surface area contributed by atoms with E-state index >= 15 is 0 Å². The summed E-state index contributed by atoms with van der Waals surface area (Å²) in [6, 6.07) is 1.97. The van der Waals surface area contributed by atoms with Crippen LogP contribution in [0.2, 0.25) is 0 Å². The van der Waals surface area contributed by atoms with Gasteiger partial charge in [0.15, 0.2) is 11.3 Å². The van der Waals surface area contributed by atoms with Crippen LogP contribution < -0.4 is 10.2 Å². The second kappa shape index (κ2) is 8.85. The molecule has 1 N–H and O–H groups in total. The molecule has 0 radical (unpaired) electrons. The van der Waals surface area contributed by atoms with E-state index in [1.807, 2.05) is 6.07 Å². The van der Waals surface area contributed by atoms with E-state index < -0.39 is 18.0 Å². The summed E-state index contributed by atoms with van der Waals surface area (Å²) in [6.07, 6.45) is 9.12. The molecule has 1 amide bonds. The molecule has 0 aromatic carbocycles. The first-order chi connectivity index (χ1) is 17.0. The van der Waals surface area contributed by atoms with E-state index in [0.29, 0.717) is 5.65 Å². The Morgan fingerprint density at radius 3 is 2.69 bits per heavy atom. The maximum atomic E-state index is 13.7. The molecule has 2 aliphatic heterocycles. The molecule has 1 saturated carbocycles. The molecule has 2 saturated heterocycles. The van der Waals surface area contributed by atoms with Gasteiger partial charge in [-0.15, -0.1) is 0 Å². The van der Waals surface area contributed by atoms with Crippen LogP contribution in [0.25, 0.3) is 5.65 Å². The number of ether oxygens (including phenoxy) is 1. The van der Waals surface area contributed by atoms with Crippen LogP contribution >= 0.6 is 0 Å². The Labute approximate surface area is 201 Å². The van der Waals surface area contributed by atoms with Crippen molar-refractivity contribution >= 4 is 23.1 Å². The predicted molar refractivity (Wildman–Crippen MR) is 125 cm³/mol. The fourth-order valence-corrected chi connectivity index (χ4v) is 5.63. The first-order valence-electron chi connectivity index (χ1n) is 12.4. The van der Waals surface area contributed by atoms with E-state index in [-0.39, 0.29) is 22.7 Å². The number of halogens is 2. The van der Waals surface area contributed by atoms with Crippen LogP contribution in [0.1, 0.15) is 73.5 Å². The molecule has 35 heavy (non-hydrogen) atoms. The van der Waals surface area contributed by atoms with E-state index in [1.165, 1.54) is 16.9 Å². The molecule has 0 atom stereocenters. The fraction of sp³-hybridized carbons (Fsp3) is 0.583. The van der Waals surface area contributed by atoms with Gasteiger partial charge in [0.05, 0.1) is 17.9 Å². The van der Waals surface area contributed by atoms with Crippen molar-refractivity contribution in [3.05, 3.63) is 35.9 Å². The lowest BCUT2D eigenvalue weighted by atomic mass is 9.73. The van der Waals surface area contributed by atoms with Crippen LogP contribution in [0, 0.1) is 5.41 Å². The molecule has 1 spiro atoms. The summed E-state index contributed by atoms with van der Waals surface area (Å²) in [5.74, 6) is 0.252. The zero-order valence-corrected chi connectivity index (χ0v) is 19.5. The van der Waals surface area contributed by atoms with Crippen molar-refractivity contribution in [2.75, 3.05) is 36.5 Å². The zero-order chi connectivity index (χ0) is 24.0. The molecule has 0 bridgehead atoms. The number of aromatic nitrogens is 5. The number of nitrogens with zero attached hydrogens (tertiary/aromatic N) is 6. The second-order valence-corrected chi connectivity index (χ2v) is 10.0. The van der Waals surface area contributed by atoms with Crippen molar-refractivity contribution in [3.63, 3.8) is 0 Å². The van der Waals surface area contributed by atoms with Crippen LogP contribution in [-0.2, 0) is 4.74 Å². The van der Waals surface area contributed by atoms with Gasteiger partial charge in [-0.1, -0.05) is 19.3 Å². The Morgan fingerprint density at radius 1 is 1.17 bits per heavy atom. The highest BCUT2D eigenvalue weighted by molar-refractivity contribution is 6.08. The molecule has 3 fully saturated rings. The van der Waals surface area contributed by atoms with Gasteiger partial charge in [0.1, 0.15) is 11.4 Å². The van der Waals surface area contributed by atoms with E-state index in [0.717, 1.165) is 77.1 Å². The fourth-order valence-electron chi connectivity index (χ4n) is 5.63. The molecule has 3 aliphatic rings. The lowest BCUT2D eigenvalue weighted by molar-refractivity contribution is -0.000449. The van der Waals surface area contributed by atoms with Crippen LogP contribution in [0.15, 0.2) is 24.7 Å². The third kappa shape index (κ3) is 4.15. The minimum absolute atomic E-state index is 0.0373. The van der Waals surface area contributed by atoms with Gasteiger partial charge in [0.2, 0.25) is 0 Å². The SMILES string of the molecule is O=C(Nc1cn(C2CCCCC2)nc1C(F)F)c1cnn2ccc(N3CC4(CCOCC4)C3)nc12. The number of amides is 1. The highest BCUT2D eigenvalue weighted by Crippen LogP contribution is 2.41. The first-order valence-corrected chi connectivity index (χ1v) is 12.4. The van der Waals surface area contributed by atoms with Crippen molar-refractivity contribution < 1.29 is 18.3 Å². The van der Waals surface area contributed by atoms with Gasteiger partial charge in [0.25, 0.3) is 12.3 Å². The summed E-state index contributed by atoms with van der Waals surface area (Å²) >= 11 is 0. The number of fused-ring (bicyclic) bond motifs is 1. The zero-order valence-electron chi connectivity index (χ0n) is 19.5. The average Bonchev–Trinajstić information content (AvgIpc) is 3.48. The van der Waals surface area contributed by atoms with Gasteiger partial charge >= 0.3 is 0 Å². The van der Waals surface area contributed by atoms with Crippen molar-refractivity contribution in [3.8, 4) is 0 Å². The molecule has 3 aromatic heterocycles. The van der Waals surface area contributed by atoms with E-state index in [2.05, 4.69) is 20.4 Å². The maximum absolute atomic E-state index is 13.7. The number of nitrogens with one attached hydrogen (secondary N) is 1. The van der Waals surface area contributed by atoms with Crippen LogP contribution in [0.5, 0.6) is 0 Å². The first kappa shape index (κ1) is 22.4. The van der Waals surface area contributed by atoms with Gasteiger partial charge < -0.3 is 15.0 Å². The van der Waals surface area contributed by atoms with Crippen molar-refractivity contribution in [1.29, 1.82) is 0 Å². The summed E-state index contributed by atoms with van der Waals surface area (Å²) in [4.78, 5) is 20.0. The number of hydrogen-bond acceptors (Lipinski definition) is 6. The van der Waals surface area contributed by atoms with Gasteiger partial charge in [-0.3, -0.25) is 9.48 Å². The number of rotatable bonds is 5. The molecule has 0 unspecified atom stereocenters. The van der Waals surface area contributed by atoms with Gasteiger partial charge in [-0.25, -0.2) is 18.3 Å². The topological polar surface area (TPSA) is 89.6 Å². The van der Waals surface area contributed by atoms with Crippen LogP contribution in [0.4, 0.5) is 20.3 Å². The molecular formula is C24H29F2N7O2. The van der Waals surface area contributed by atoms with Gasteiger partial charge in [0, 0.05) is 44.1 Å². The molecule has 186 valence electrons. The molecular weight excluding hydrogens is 456 g/mol. The van der Waals surface area contributed by atoms with Gasteiger partial charge in [-0.2, -0.15) is 10.2 Å². The standard InChI is InChI=1S/C24H29F2N7O2/c25-21(26)20-18(13-33(30-20)16-4-2-1-3-5-16)28-23(34)17-12-27-32-9-6-19(29-22(17)32)31-14-24(15-31)7-10-35-11-8-24/h6,9,12-13,16,21H,1-5,7-8,10-11,14-15H2,(H,28,34).